The first-order valence-corrected chi connectivity index (χ1v) is 18.1. The molecule has 5 aliphatic rings. The number of likely N-dealkylation sites (N-methyl/N-ethyl adjacent to an activating group) is 1. The van der Waals surface area contributed by atoms with Gasteiger partial charge in [0.25, 0.3) is 0 Å². The van der Waals surface area contributed by atoms with Crippen molar-refractivity contribution in [3.63, 3.8) is 0 Å². The summed E-state index contributed by atoms with van der Waals surface area (Å²) in [5.41, 5.74) is 4.92. The first kappa shape index (κ1) is 33.5. The van der Waals surface area contributed by atoms with Crippen LogP contribution < -0.4 is 5.32 Å². The number of allylic oxidation sites excluding steroid dienone is 4. The van der Waals surface area contributed by atoms with Crippen molar-refractivity contribution in [1.82, 2.24) is 10.2 Å². The third-order valence-corrected chi connectivity index (χ3v) is 15.0. The number of benzene rings is 1. The minimum Gasteiger partial charge on any atom is -0.478 e. The van der Waals surface area contributed by atoms with Crippen molar-refractivity contribution in [1.29, 1.82) is 0 Å². The Balaban J connectivity index is 1.35. The minimum absolute atomic E-state index is 0.0102. The molecule has 3 saturated carbocycles. The lowest BCUT2D eigenvalue weighted by Gasteiger charge is -2.70. The Bertz CT molecular complexity index is 1450. The van der Waals surface area contributed by atoms with Gasteiger partial charge in [-0.25, -0.2) is 4.79 Å². The van der Waals surface area contributed by atoms with Crippen molar-refractivity contribution < 1.29 is 14.7 Å². The number of nitrogens with zero attached hydrogens (tertiary/aromatic N) is 1. The van der Waals surface area contributed by atoms with E-state index in [9.17, 15) is 14.7 Å². The zero-order valence-corrected chi connectivity index (χ0v) is 30.2. The molecule has 0 aliphatic heterocycles. The predicted octanol–water partition coefficient (Wildman–Crippen LogP) is 8.86. The van der Waals surface area contributed by atoms with Crippen LogP contribution in [0.15, 0.2) is 42.0 Å². The van der Waals surface area contributed by atoms with Crippen molar-refractivity contribution in [3.05, 3.63) is 53.1 Å². The number of hydrogen-bond acceptors (Lipinski definition) is 3. The highest BCUT2D eigenvalue weighted by Crippen LogP contribution is 2.76. The number of carbonyl (C=O) groups excluding carboxylic acids is 1. The fourth-order valence-electron chi connectivity index (χ4n) is 12.1. The van der Waals surface area contributed by atoms with E-state index < -0.39 is 5.97 Å². The van der Waals surface area contributed by atoms with E-state index in [0.29, 0.717) is 35.8 Å². The van der Waals surface area contributed by atoms with Gasteiger partial charge in [0.05, 0.1) is 11.0 Å². The maximum absolute atomic E-state index is 14.2. The van der Waals surface area contributed by atoms with Crippen LogP contribution in [0.5, 0.6) is 0 Å². The molecule has 2 N–H and O–H groups in total. The van der Waals surface area contributed by atoms with Crippen LogP contribution in [0.2, 0.25) is 0 Å². The fraction of sp³-hybridized carbons (Fsp3) is 0.707. The van der Waals surface area contributed by atoms with E-state index in [2.05, 4.69) is 84.9 Å². The Morgan fingerprint density at radius 1 is 0.891 bits per heavy atom. The molecule has 252 valence electrons. The number of hydrogen-bond donors (Lipinski definition) is 2. The van der Waals surface area contributed by atoms with E-state index in [1.165, 1.54) is 18.4 Å². The highest BCUT2D eigenvalue weighted by atomic mass is 16.4. The lowest BCUT2D eigenvalue weighted by molar-refractivity contribution is -0.167. The molecule has 0 bridgehead atoms. The molecule has 0 saturated heterocycles. The second kappa shape index (κ2) is 11.1. The molecular weight excluding hydrogens is 568 g/mol. The number of carboxylic acids is 1. The van der Waals surface area contributed by atoms with Crippen LogP contribution in [0.3, 0.4) is 0 Å². The van der Waals surface area contributed by atoms with Crippen molar-refractivity contribution in [2.45, 2.75) is 106 Å². The van der Waals surface area contributed by atoms with Gasteiger partial charge in [-0.05, 0) is 140 Å². The van der Waals surface area contributed by atoms with Gasteiger partial charge in [-0.1, -0.05) is 78.3 Å². The number of aromatic carboxylic acids is 1. The molecule has 0 aromatic heterocycles. The summed E-state index contributed by atoms with van der Waals surface area (Å²) in [5, 5.41) is 12.9. The highest BCUT2D eigenvalue weighted by Gasteiger charge is 2.68. The van der Waals surface area contributed by atoms with Gasteiger partial charge in [-0.2, -0.15) is 0 Å². The SMILES string of the molecule is CN(C)CCNC(=O)[C@]12CCC(C)(C)C[C@H]1C1=CC[C@@H]3[C@@]4(C)CC=C(c5ccc(C(=O)O)cc5)C(C)(C)[C@H]4CC[C@@]3(C)[C@]1(C)CC2. The van der Waals surface area contributed by atoms with Crippen LogP contribution in [0, 0.1) is 50.2 Å². The molecule has 0 radical (unpaired) electrons. The number of nitrogens with one attached hydrogen (secondary N) is 1. The molecule has 0 spiro atoms. The molecule has 0 heterocycles. The third-order valence-electron chi connectivity index (χ3n) is 15.0. The Hall–Kier alpha value is -2.40. The highest BCUT2D eigenvalue weighted by molar-refractivity contribution is 5.88. The van der Waals surface area contributed by atoms with E-state index in [4.69, 9.17) is 0 Å². The largest absolute Gasteiger partial charge is 0.478 e. The van der Waals surface area contributed by atoms with E-state index in [-0.39, 0.29) is 32.5 Å². The maximum atomic E-state index is 14.2. The summed E-state index contributed by atoms with van der Waals surface area (Å²) >= 11 is 0. The predicted molar refractivity (Wildman–Crippen MR) is 187 cm³/mol. The van der Waals surface area contributed by atoms with Gasteiger partial charge in [-0.15, -0.1) is 0 Å². The minimum atomic E-state index is -0.873. The molecule has 5 nitrogen and oxygen atoms in total. The van der Waals surface area contributed by atoms with Crippen molar-refractivity contribution in [3.8, 4) is 0 Å². The molecule has 6 rings (SSSR count). The molecular formula is C41H60N2O3. The van der Waals surface area contributed by atoms with Gasteiger partial charge < -0.3 is 15.3 Å². The van der Waals surface area contributed by atoms with Crippen molar-refractivity contribution >= 4 is 17.4 Å². The normalized spacial score (nSPS) is 39.1. The molecule has 3 fully saturated rings. The summed E-state index contributed by atoms with van der Waals surface area (Å²) in [6, 6.07) is 7.54. The topological polar surface area (TPSA) is 69.6 Å². The van der Waals surface area contributed by atoms with Gasteiger partial charge in [0.15, 0.2) is 0 Å². The average Bonchev–Trinajstić information content (AvgIpc) is 2.97. The first-order valence-electron chi connectivity index (χ1n) is 18.1. The summed E-state index contributed by atoms with van der Waals surface area (Å²) in [6.45, 7) is 19.2. The van der Waals surface area contributed by atoms with Crippen LogP contribution in [0.4, 0.5) is 0 Å². The number of carboxylic acid groups (broad SMARTS) is 1. The Morgan fingerprint density at radius 3 is 2.22 bits per heavy atom. The van der Waals surface area contributed by atoms with E-state index in [1.807, 2.05) is 12.1 Å². The summed E-state index contributed by atoms with van der Waals surface area (Å²) in [6.07, 6.45) is 15.1. The number of fused-ring (bicyclic) bond motifs is 7. The summed E-state index contributed by atoms with van der Waals surface area (Å²) in [5.74, 6) is 0.888. The standard InChI is InChI=1S/C41H60N2O3/c1-36(2)20-22-41(35(46)42-24-25-43(8)9)23-21-39(6)30(31(41)26-36)14-15-33-38(5)18-16-29(27-10-12-28(13-11-27)34(44)45)37(3,4)32(38)17-19-40(33,39)7/h10-14,16,31-33H,15,17-26H2,1-9H3,(H,42,46)(H,44,45)/t31-,32+,33+,38-,39+,40+,41-/m0/s1. The molecule has 7 atom stereocenters. The lowest BCUT2D eigenvalue weighted by atomic mass is 9.33. The monoisotopic (exact) mass is 628 g/mol. The van der Waals surface area contributed by atoms with Gasteiger partial charge in [0.2, 0.25) is 5.91 Å². The third kappa shape index (κ3) is 4.88. The second-order valence-corrected chi connectivity index (χ2v) is 18.4. The Morgan fingerprint density at radius 2 is 1.57 bits per heavy atom. The average molecular weight is 629 g/mol. The number of rotatable bonds is 6. The lowest BCUT2D eigenvalue weighted by Crippen LogP contribution is -2.64. The van der Waals surface area contributed by atoms with Gasteiger partial charge in [0.1, 0.15) is 0 Å². The molecule has 5 heteroatoms. The van der Waals surface area contributed by atoms with Gasteiger partial charge >= 0.3 is 5.97 Å². The van der Waals surface area contributed by atoms with Crippen molar-refractivity contribution in [2.24, 2.45) is 50.2 Å². The maximum Gasteiger partial charge on any atom is 0.335 e. The van der Waals surface area contributed by atoms with Crippen LogP contribution in [0.25, 0.3) is 5.57 Å². The molecule has 1 aromatic carbocycles. The van der Waals surface area contributed by atoms with Gasteiger partial charge in [0, 0.05) is 13.1 Å². The quantitative estimate of drug-likeness (QED) is 0.309. The Labute approximate surface area is 278 Å². The van der Waals surface area contributed by atoms with Crippen LogP contribution in [-0.2, 0) is 4.79 Å². The molecule has 46 heavy (non-hydrogen) atoms. The smallest absolute Gasteiger partial charge is 0.335 e. The first-order chi connectivity index (χ1) is 21.4. The summed E-state index contributed by atoms with van der Waals surface area (Å²) in [7, 11) is 4.15. The van der Waals surface area contributed by atoms with Crippen LogP contribution in [-0.4, -0.2) is 49.1 Å². The van der Waals surface area contributed by atoms with E-state index in [1.54, 1.807) is 17.7 Å². The van der Waals surface area contributed by atoms with Crippen LogP contribution in [0.1, 0.15) is 122 Å². The number of amides is 1. The fourth-order valence-corrected chi connectivity index (χ4v) is 12.1. The molecule has 5 aliphatic carbocycles. The zero-order chi connectivity index (χ0) is 33.5. The van der Waals surface area contributed by atoms with E-state index in [0.717, 1.165) is 57.1 Å². The molecule has 1 amide bonds. The second-order valence-electron chi connectivity index (χ2n) is 18.4. The van der Waals surface area contributed by atoms with Crippen molar-refractivity contribution in [2.75, 3.05) is 27.2 Å². The summed E-state index contributed by atoms with van der Waals surface area (Å²) < 4.78 is 0. The van der Waals surface area contributed by atoms with Crippen LogP contribution >= 0.6 is 0 Å². The van der Waals surface area contributed by atoms with Gasteiger partial charge in [-0.3, -0.25) is 4.79 Å². The number of carbonyl (C=O) groups is 2. The zero-order valence-electron chi connectivity index (χ0n) is 30.2. The molecule has 1 aromatic rings. The summed E-state index contributed by atoms with van der Waals surface area (Å²) in [4.78, 5) is 27.9. The van der Waals surface area contributed by atoms with E-state index >= 15 is 0 Å². The Kier molecular flexibility index (Phi) is 8.06. The molecule has 0 unspecified atom stereocenters.